The number of hydrogen-bond donors (Lipinski definition) is 0. The molecule has 0 aliphatic heterocycles. The summed E-state index contributed by atoms with van der Waals surface area (Å²) < 4.78 is 0. The lowest BCUT2D eigenvalue weighted by molar-refractivity contribution is 1.07. The van der Waals surface area contributed by atoms with Crippen LogP contribution in [-0.2, 0) is 0 Å². The summed E-state index contributed by atoms with van der Waals surface area (Å²) in [5.41, 5.74) is 13.8. The van der Waals surface area contributed by atoms with Gasteiger partial charge in [0, 0.05) is 11.1 Å². The van der Waals surface area contributed by atoms with E-state index in [-0.39, 0.29) is 5.28 Å². The molecule has 0 aliphatic rings. The maximum absolute atomic E-state index is 6.48. The van der Waals surface area contributed by atoms with Crippen LogP contribution in [0.5, 0.6) is 0 Å². The van der Waals surface area contributed by atoms with Gasteiger partial charge in [0.25, 0.3) is 0 Å². The van der Waals surface area contributed by atoms with Crippen molar-refractivity contribution in [3.05, 3.63) is 35.6 Å². The molecule has 4 aromatic carbocycles. The van der Waals surface area contributed by atoms with E-state index >= 15 is 0 Å². The maximum atomic E-state index is 6.48. The zero-order valence-electron chi connectivity index (χ0n) is 22.6. The molecule has 0 fully saturated rings. The number of nitrogens with zero attached hydrogens (tertiary/aromatic N) is 3. The van der Waals surface area contributed by atoms with E-state index in [1.54, 1.807) is 0 Å². The molecule has 0 radical (unpaired) electrons. The van der Waals surface area contributed by atoms with E-state index < -0.39 is 0 Å². The first-order valence-corrected chi connectivity index (χ1v) is 12.8. The lowest BCUT2D eigenvalue weighted by atomic mass is 9.58. The first-order chi connectivity index (χ1) is 17.0. The number of aromatic nitrogens is 3. The second-order valence-electron chi connectivity index (χ2n) is 10.1. The first-order valence-electron chi connectivity index (χ1n) is 12.4. The van der Waals surface area contributed by atoms with Crippen LogP contribution in [0.2, 0.25) is 5.28 Å². The van der Waals surface area contributed by atoms with Crippen LogP contribution in [0.1, 0.15) is 0 Å². The third kappa shape index (κ3) is 3.60. The fourth-order valence-corrected chi connectivity index (χ4v) is 6.08. The van der Waals surface area contributed by atoms with Crippen molar-refractivity contribution >= 4 is 153 Å². The van der Waals surface area contributed by atoms with Gasteiger partial charge in [-0.15, -0.1) is 10.9 Å². The Kier molecular flexibility index (Phi) is 6.23. The van der Waals surface area contributed by atoms with Crippen LogP contribution in [0.15, 0.2) is 30.3 Å². The Morgan fingerprint density at radius 3 is 1.47 bits per heavy atom. The van der Waals surface area contributed by atoms with Crippen LogP contribution in [0.4, 0.5) is 0 Å². The summed E-state index contributed by atoms with van der Waals surface area (Å²) in [5.74, 6) is 1.21. The predicted octanol–water partition coefficient (Wildman–Crippen LogP) is -9.51. The average Bonchev–Trinajstić information content (AvgIpc) is 2.86. The van der Waals surface area contributed by atoms with Gasteiger partial charge >= 0.3 is 0 Å². The Hall–Kier alpha value is -2.72. The molecule has 13 heteroatoms. The fourth-order valence-electron chi connectivity index (χ4n) is 5.92. The van der Waals surface area contributed by atoms with Crippen LogP contribution in [0.3, 0.4) is 0 Å². The second kappa shape index (κ2) is 8.99. The molecule has 5 aromatic rings. The van der Waals surface area contributed by atoms with Crippen LogP contribution in [0.25, 0.3) is 44.3 Å². The van der Waals surface area contributed by atoms with Gasteiger partial charge in [-0.3, -0.25) is 0 Å². The summed E-state index contributed by atoms with van der Waals surface area (Å²) in [4.78, 5) is 14.0. The summed E-state index contributed by atoms with van der Waals surface area (Å²) in [7, 11) is 20.2. The van der Waals surface area contributed by atoms with Crippen LogP contribution >= 0.6 is 11.6 Å². The normalized spacial score (nSPS) is 11.4. The second-order valence-corrected chi connectivity index (χ2v) is 10.5. The van der Waals surface area contributed by atoms with Gasteiger partial charge in [0.1, 0.15) is 70.6 Å². The van der Waals surface area contributed by atoms with E-state index in [1.165, 1.54) is 70.7 Å². The minimum atomic E-state index is 0.207. The van der Waals surface area contributed by atoms with Crippen molar-refractivity contribution < 1.29 is 0 Å². The summed E-state index contributed by atoms with van der Waals surface area (Å²) in [6.07, 6.45) is 0. The third-order valence-electron chi connectivity index (χ3n) is 8.43. The Bertz CT molecular complexity index is 1740. The Morgan fingerprint density at radius 2 is 0.889 bits per heavy atom. The van der Waals surface area contributed by atoms with Crippen molar-refractivity contribution in [2.75, 3.05) is 0 Å². The molecule has 1 aromatic heterocycles. The molecule has 3 nitrogen and oxygen atoms in total. The monoisotopic (exact) mass is 475 g/mol. The molecular formula is C23H23B9ClN3. The van der Waals surface area contributed by atoms with E-state index in [1.807, 2.05) is 30.3 Å². The van der Waals surface area contributed by atoms with E-state index in [0.29, 0.717) is 11.6 Å². The van der Waals surface area contributed by atoms with Crippen LogP contribution in [-0.4, -0.2) is 85.6 Å². The molecule has 164 valence electrons. The number of benzene rings is 4. The highest BCUT2D eigenvalue weighted by atomic mass is 35.5. The SMILES string of the molecule is Bc1c(B)c(B)c2c(c1B)c(B)c(B)c1c(B)c(B)c(-c3nc(Cl)nc(-c4ccccc4)n3)c(B)c12. The van der Waals surface area contributed by atoms with Crippen LogP contribution in [0, 0.1) is 0 Å². The molecule has 1 heterocycles. The summed E-state index contributed by atoms with van der Waals surface area (Å²) in [6, 6.07) is 9.94. The standard InChI is InChI=1S/C23H23B9ClN3/c24-12-7-8-10(17(29)20(32)19(31)13(8)25)15(27)14(26)9(7)16(28)18(30)11(12)22-34-21(35-23(33)36-22)6-4-2-1-3-5-6/h1-5H,24-32H2. The molecule has 0 bridgehead atoms. The van der Waals surface area contributed by atoms with Crippen molar-refractivity contribution in [1.82, 2.24) is 15.0 Å². The van der Waals surface area contributed by atoms with Gasteiger partial charge in [0.15, 0.2) is 11.6 Å². The van der Waals surface area contributed by atoms with Crippen molar-refractivity contribution in [3.63, 3.8) is 0 Å². The average molecular weight is 474 g/mol. The number of halogens is 1. The van der Waals surface area contributed by atoms with E-state index in [9.17, 15) is 0 Å². The van der Waals surface area contributed by atoms with E-state index in [0.717, 1.165) is 11.1 Å². The van der Waals surface area contributed by atoms with Gasteiger partial charge in [0.05, 0.1) is 0 Å². The number of hydrogen-bond acceptors (Lipinski definition) is 3. The summed E-state index contributed by atoms with van der Waals surface area (Å²) in [5, 5.41) is 5.56. The highest BCUT2D eigenvalue weighted by Crippen LogP contribution is 2.23. The van der Waals surface area contributed by atoms with Crippen molar-refractivity contribution in [2.24, 2.45) is 0 Å². The molecule has 0 saturated carbocycles. The Morgan fingerprint density at radius 1 is 0.444 bits per heavy atom. The molecule has 0 amide bonds. The Balaban J connectivity index is 1.98. The molecule has 0 N–H and O–H groups in total. The molecular weight excluding hydrogens is 451 g/mol. The molecule has 0 spiro atoms. The summed E-state index contributed by atoms with van der Waals surface area (Å²) >= 11 is 6.48. The zero-order chi connectivity index (χ0) is 26.0. The highest BCUT2D eigenvalue weighted by Gasteiger charge is 2.23. The van der Waals surface area contributed by atoms with Gasteiger partial charge in [-0.05, 0) is 33.1 Å². The Labute approximate surface area is 225 Å². The quantitative estimate of drug-likeness (QED) is 0.189. The van der Waals surface area contributed by atoms with Crippen molar-refractivity contribution in [1.29, 1.82) is 0 Å². The molecule has 36 heavy (non-hydrogen) atoms. The lowest BCUT2D eigenvalue weighted by Crippen LogP contribution is -2.51. The van der Waals surface area contributed by atoms with E-state index in [2.05, 4.69) is 80.6 Å². The minimum Gasteiger partial charge on any atom is -0.208 e. The fraction of sp³-hybridized carbons (Fsp3) is 0. The van der Waals surface area contributed by atoms with Crippen LogP contribution < -0.4 is 49.2 Å². The molecule has 5 rings (SSSR count). The third-order valence-corrected chi connectivity index (χ3v) is 8.60. The van der Waals surface area contributed by atoms with Gasteiger partial charge in [-0.1, -0.05) is 68.6 Å². The number of rotatable bonds is 2. The van der Waals surface area contributed by atoms with Gasteiger partial charge < -0.3 is 0 Å². The highest BCUT2D eigenvalue weighted by molar-refractivity contribution is 6.73. The van der Waals surface area contributed by atoms with Gasteiger partial charge in [-0.25, -0.2) is 4.98 Å². The molecule has 0 aliphatic carbocycles. The minimum absolute atomic E-state index is 0.207. The smallest absolute Gasteiger partial charge is 0.208 e. The van der Waals surface area contributed by atoms with E-state index in [4.69, 9.17) is 16.6 Å². The van der Waals surface area contributed by atoms with Crippen molar-refractivity contribution in [2.45, 2.75) is 0 Å². The predicted molar refractivity (Wildman–Crippen MR) is 184 cm³/mol. The largest absolute Gasteiger partial charge is 0.226 e. The lowest BCUT2D eigenvalue weighted by Gasteiger charge is -2.26. The molecule has 0 saturated heterocycles. The summed E-state index contributed by atoms with van der Waals surface area (Å²) in [6.45, 7) is 0. The van der Waals surface area contributed by atoms with Crippen molar-refractivity contribution in [3.8, 4) is 22.8 Å². The van der Waals surface area contributed by atoms with Gasteiger partial charge in [0.2, 0.25) is 5.28 Å². The number of fused-ring (bicyclic) bond motifs is 3. The maximum Gasteiger partial charge on any atom is 0.226 e. The first kappa shape index (κ1) is 25.0. The topological polar surface area (TPSA) is 38.7 Å². The van der Waals surface area contributed by atoms with Gasteiger partial charge in [-0.2, -0.15) is 9.97 Å². The molecule has 0 unspecified atom stereocenters. The molecule has 0 atom stereocenters. The zero-order valence-corrected chi connectivity index (χ0v) is 23.4.